The maximum absolute atomic E-state index is 13.8. The minimum Gasteiger partial charge on any atom is -0.507 e. The molecule has 8 amide bonds. The Morgan fingerprint density at radius 3 is 1.25 bits per heavy atom. The summed E-state index contributed by atoms with van der Waals surface area (Å²) >= 11 is 0. The van der Waals surface area contributed by atoms with Gasteiger partial charge in [-0.3, -0.25) is 57.7 Å². The molecule has 0 aliphatic carbocycles. The van der Waals surface area contributed by atoms with E-state index in [-0.39, 0.29) is 84.6 Å². The first-order valence-electron chi connectivity index (χ1n) is 24.7. The van der Waals surface area contributed by atoms with Gasteiger partial charge in [0.2, 0.25) is 11.8 Å². The number of aromatic hydroxyl groups is 1. The zero-order valence-electron chi connectivity index (χ0n) is 44.5. The van der Waals surface area contributed by atoms with Crippen molar-refractivity contribution in [3.8, 4) is 11.5 Å². The van der Waals surface area contributed by atoms with Crippen LogP contribution < -0.4 is 45.6 Å². The van der Waals surface area contributed by atoms with E-state index in [1.807, 2.05) is 0 Å². The summed E-state index contributed by atoms with van der Waals surface area (Å²) in [7, 11) is 1.52. The van der Waals surface area contributed by atoms with Crippen molar-refractivity contribution in [3.63, 3.8) is 0 Å². The molecule has 0 radical (unpaired) electrons. The Bertz CT molecular complexity index is 3020. The Balaban J connectivity index is 0.000000340. The number of para-hydroxylation sites is 4. The molecule has 0 bridgehead atoms. The van der Waals surface area contributed by atoms with Crippen LogP contribution >= 0.6 is 0 Å². The smallest absolute Gasteiger partial charge is 0.252 e. The number of rotatable bonds is 19. The predicted octanol–water partition coefficient (Wildman–Crippen LogP) is 1.22. The quantitative estimate of drug-likeness (QED) is 0.0649. The molecule has 24 heteroatoms. The van der Waals surface area contributed by atoms with Crippen LogP contribution in [0.5, 0.6) is 11.5 Å². The van der Waals surface area contributed by atoms with Gasteiger partial charge in [-0.2, -0.15) is 0 Å². The van der Waals surface area contributed by atoms with Crippen LogP contribution in [-0.2, 0) is 47.9 Å². The van der Waals surface area contributed by atoms with Gasteiger partial charge >= 0.3 is 0 Å². The number of aryl methyl sites for hydroxylation is 4. The molecule has 2 aliphatic heterocycles. The molecule has 0 unspecified atom stereocenters. The summed E-state index contributed by atoms with van der Waals surface area (Å²) in [6, 6.07) is 13.8. The number of aldehydes is 2. The van der Waals surface area contributed by atoms with Gasteiger partial charge in [0.1, 0.15) is 74.0 Å². The topological polar surface area (TPSA) is 336 Å². The summed E-state index contributed by atoms with van der Waals surface area (Å²) in [5, 5.41) is 39.4. The van der Waals surface area contributed by atoms with Gasteiger partial charge in [-0.15, -0.1) is 0 Å². The average Bonchev–Trinajstić information content (AvgIpc) is 3.59. The van der Waals surface area contributed by atoms with E-state index in [9.17, 15) is 72.9 Å². The van der Waals surface area contributed by atoms with Crippen LogP contribution in [0.25, 0.3) is 0 Å². The van der Waals surface area contributed by atoms with Crippen LogP contribution in [0.1, 0.15) is 77.1 Å². The van der Waals surface area contributed by atoms with Gasteiger partial charge in [-0.25, -0.2) is 0 Å². The number of carbonyl (C=O) groups excluding carboxylic acids is 12. The molecule has 426 valence electrons. The zero-order valence-corrected chi connectivity index (χ0v) is 44.5. The van der Waals surface area contributed by atoms with E-state index in [0.717, 1.165) is 14.7 Å². The monoisotopic (exact) mass is 1110 g/mol. The lowest BCUT2D eigenvalue weighted by atomic mass is 10.0. The molecule has 80 heavy (non-hydrogen) atoms. The summed E-state index contributed by atoms with van der Waals surface area (Å²) in [5.41, 5.74) is 3.56. The summed E-state index contributed by atoms with van der Waals surface area (Å²) in [4.78, 5) is 155. The van der Waals surface area contributed by atoms with E-state index in [2.05, 4.69) is 21.3 Å². The highest BCUT2D eigenvalue weighted by Gasteiger charge is 2.40. The van der Waals surface area contributed by atoms with Gasteiger partial charge in [0.15, 0.2) is 0 Å². The van der Waals surface area contributed by atoms with E-state index >= 15 is 0 Å². The van der Waals surface area contributed by atoms with Gasteiger partial charge < -0.3 is 60.7 Å². The number of carbonyl (C=O) groups is 12. The third-order valence-corrected chi connectivity index (χ3v) is 12.6. The summed E-state index contributed by atoms with van der Waals surface area (Å²) in [5.74, 6) is -5.57. The third-order valence-electron chi connectivity index (χ3n) is 12.6. The maximum atomic E-state index is 13.8. The number of nitrogens with one attached hydrogen (secondary N) is 4. The molecule has 7 N–H and O–H groups in total. The van der Waals surface area contributed by atoms with Gasteiger partial charge in [0, 0.05) is 24.0 Å². The van der Waals surface area contributed by atoms with Crippen molar-refractivity contribution in [2.75, 3.05) is 66.1 Å². The number of ketones is 2. The standard InChI is InChI=1S/C28H32N4O8.C27H30N4O8.CH4/c1-16-9-19(10-17(2)26(16)40-4)27(38)30-21-12-31(25(37)15-34)22-7-5-6-8-23(22)32(28(21)39)13-24(36)29-20(14-33)11-18(3)35;1-15-8-18(9-16(2)25(15)37)26(38)29-20-11-30(24(36)14-33)21-6-4-5-7-22(21)31(27(20)39)12-23(35)28-19(13-32)10-17(3)34;/h5-10,14,20-21,34H,11-13,15H2,1-4H3,(H,29,36)(H,30,38);4-9,13,19-20,33,37H,10-12,14H2,1-3H3,(H,28,35)(H,29,38);1H4/t20-,21-;19-,20-;/m00./s1. The fourth-order valence-electron chi connectivity index (χ4n) is 9.01. The molecular formula is C56H66N8O16. The number of methoxy groups -OCH3 is 1. The Morgan fingerprint density at radius 2 is 0.938 bits per heavy atom. The molecule has 4 atom stereocenters. The second kappa shape index (κ2) is 28.5. The fourth-order valence-corrected chi connectivity index (χ4v) is 9.01. The lowest BCUT2D eigenvalue weighted by Crippen LogP contribution is -2.55. The minimum absolute atomic E-state index is 0. The van der Waals surface area contributed by atoms with Crippen molar-refractivity contribution >= 4 is 94.1 Å². The second-order valence-corrected chi connectivity index (χ2v) is 18.7. The number of amides is 8. The number of hydrogen-bond donors (Lipinski definition) is 7. The number of ether oxygens (including phenoxy) is 1. The number of Topliss-reactive ketones (excluding diaryl/α,β-unsaturated/α-hetero) is 2. The Morgan fingerprint density at radius 1 is 0.600 bits per heavy atom. The van der Waals surface area contributed by atoms with Crippen molar-refractivity contribution in [2.24, 2.45) is 0 Å². The van der Waals surface area contributed by atoms with Crippen LogP contribution in [-0.4, -0.2) is 157 Å². The van der Waals surface area contributed by atoms with Crippen LogP contribution in [0, 0.1) is 27.7 Å². The normalized spacial score (nSPS) is 15.3. The van der Waals surface area contributed by atoms with E-state index in [4.69, 9.17) is 4.74 Å². The lowest BCUT2D eigenvalue weighted by Gasteiger charge is -2.25. The van der Waals surface area contributed by atoms with Gasteiger partial charge in [-0.1, -0.05) is 31.7 Å². The van der Waals surface area contributed by atoms with Gasteiger partial charge in [0.05, 0.1) is 55.0 Å². The van der Waals surface area contributed by atoms with Crippen molar-refractivity contribution in [3.05, 3.63) is 106 Å². The minimum atomic E-state index is -1.33. The first-order valence-corrected chi connectivity index (χ1v) is 24.7. The van der Waals surface area contributed by atoms with Gasteiger partial charge in [-0.05, 0) is 112 Å². The van der Waals surface area contributed by atoms with Crippen molar-refractivity contribution in [1.29, 1.82) is 0 Å². The number of hydrogen-bond acceptors (Lipinski definition) is 16. The first-order chi connectivity index (χ1) is 37.5. The van der Waals surface area contributed by atoms with Crippen molar-refractivity contribution in [2.45, 2.75) is 86.0 Å². The molecule has 0 spiro atoms. The maximum Gasteiger partial charge on any atom is 0.252 e. The molecule has 4 aromatic carbocycles. The van der Waals surface area contributed by atoms with Crippen LogP contribution in [0.15, 0.2) is 72.8 Å². The molecule has 2 heterocycles. The van der Waals surface area contributed by atoms with Crippen LogP contribution in [0.3, 0.4) is 0 Å². The zero-order chi connectivity index (χ0) is 58.4. The Kier molecular flexibility index (Phi) is 22.5. The van der Waals surface area contributed by atoms with Gasteiger partial charge in [0.25, 0.3) is 35.4 Å². The highest BCUT2D eigenvalue weighted by atomic mass is 16.5. The van der Waals surface area contributed by atoms with E-state index in [0.29, 0.717) is 40.6 Å². The fraction of sp³-hybridized carbons (Fsp3) is 0.357. The highest BCUT2D eigenvalue weighted by molar-refractivity contribution is 6.13. The Labute approximate surface area is 461 Å². The number of phenolic OH excluding ortho intramolecular Hbond substituents is 1. The molecule has 0 fully saturated rings. The van der Waals surface area contributed by atoms with Crippen LogP contribution in [0.2, 0.25) is 0 Å². The molecule has 4 aromatic rings. The predicted molar refractivity (Wildman–Crippen MR) is 292 cm³/mol. The second-order valence-electron chi connectivity index (χ2n) is 18.7. The largest absolute Gasteiger partial charge is 0.507 e. The SMILES string of the molecule is C.CC(=O)C[C@@H](C=O)NC(=O)CN1C(=O)[C@@H](NC(=O)c2cc(C)c(O)c(C)c2)CN(C(=O)CO)c2ccccc21.COc1c(C)cc(C(=O)N[C@H]2CN(C(=O)CO)c3ccccc3N(CC(=O)N[C@H](C=O)CC(C)=O)C2=O)cc1C. The molecule has 0 saturated carbocycles. The third kappa shape index (κ3) is 15.5. The molecule has 2 aliphatic rings. The molecule has 0 saturated heterocycles. The van der Waals surface area contributed by atoms with Crippen molar-refractivity contribution < 1.29 is 77.6 Å². The first kappa shape index (κ1) is 63.4. The lowest BCUT2D eigenvalue weighted by molar-refractivity contribution is -0.127. The Hall–Kier alpha value is -9.16. The van der Waals surface area contributed by atoms with E-state index in [1.165, 1.54) is 56.2 Å². The number of benzene rings is 4. The summed E-state index contributed by atoms with van der Waals surface area (Å²) in [6.07, 6.45) is 0.422. The number of aliphatic hydroxyl groups is 2. The summed E-state index contributed by atoms with van der Waals surface area (Å²) in [6.45, 7) is 5.82. The average molecular weight is 1110 g/mol. The number of aliphatic hydroxyl groups excluding tert-OH is 2. The van der Waals surface area contributed by atoms with E-state index in [1.54, 1.807) is 70.2 Å². The van der Waals surface area contributed by atoms with Crippen molar-refractivity contribution in [1.82, 2.24) is 21.3 Å². The number of phenols is 1. The number of anilines is 4. The molecule has 0 aromatic heterocycles. The highest BCUT2D eigenvalue weighted by Crippen LogP contribution is 2.35. The number of fused-ring (bicyclic) bond motifs is 2. The molecule has 6 rings (SSSR count). The molecule has 24 nitrogen and oxygen atoms in total. The van der Waals surface area contributed by atoms with E-state index < -0.39 is 97.7 Å². The number of nitrogens with zero attached hydrogens (tertiary/aromatic N) is 4. The molecular weight excluding hydrogens is 1040 g/mol. The van der Waals surface area contributed by atoms with Crippen LogP contribution in [0.4, 0.5) is 22.7 Å². The summed E-state index contributed by atoms with van der Waals surface area (Å²) < 4.78 is 5.35.